The summed E-state index contributed by atoms with van der Waals surface area (Å²) in [6, 6.07) is 8.03. The molecule has 0 atom stereocenters. The Morgan fingerprint density at radius 1 is 1.45 bits per heavy atom. The molecule has 58 valence electrons. The number of hydrogen-bond acceptors (Lipinski definition) is 1. The van der Waals surface area contributed by atoms with Crippen LogP contribution in [0.1, 0.15) is 18.1 Å². The summed E-state index contributed by atoms with van der Waals surface area (Å²) in [4.78, 5) is 10.7. The van der Waals surface area contributed by atoms with Crippen molar-refractivity contribution in [3.8, 4) is 0 Å². The van der Waals surface area contributed by atoms with Crippen molar-refractivity contribution in [1.82, 2.24) is 0 Å². The second-order valence-corrected chi connectivity index (χ2v) is 2.87. The molecule has 0 fully saturated rings. The highest BCUT2D eigenvalue weighted by atomic mass is 16.1. The van der Waals surface area contributed by atoms with E-state index in [1.54, 1.807) is 6.92 Å². The predicted molar refractivity (Wildman–Crippen MR) is 45.6 cm³/mol. The molecule has 0 heterocycles. The predicted octanol–water partition coefficient (Wildman–Crippen LogP) is 2.13. The molecule has 0 saturated carbocycles. The lowest BCUT2D eigenvalue weighted by Gasteiger charge is -1.97. The average molecular weight is 148 g/mol. The Balaban J connectivity index is 2.79. The zero-order valence-electron chi connectivity index (χ0n) is 6.92. The summed E-state index contributed by atoms with van der Waals surface area (Å²) in [5.74, 6) is 0.218. The van der Waals surface area contributed by atoms with Crippen LogP contribution in [0.3, 0.4) is 0 Å². The van der Waals surface area contributed by atoms with Crippen LogP contribution in [0, 0.1) is 6.92 Å². The third-order valence-electron chi connectivity index (χ3n) is 1.54. The highest BCUT2D eigenvalue weighted by Crippen LogP contribution is 2.04. The third kappa shape index (κ3) is 2.54. The first-order chi connectivity index (χ1) is 5.18. The van der Waals surface area contributed by atoms with Gasteiger partial charge in [0.25, 0.3) is 0 Å². The zero-order valence-corrected chi connectivity index (χ0v) is 6.92. The SMILES string of the molecule is CC(=O)Cc1cccc(C)c1. The molecule has 1 aromatic rings. The Morgan fingerprint density at radius 2 is 2.18 bits per heavy atom. The van der Waals surface area contributed by atoms with Gasteiger partial charge in [-0.1, -0.05) is 29.8 Å². The van der Waals surface area contributed by atoms with Crippen molar-refractivity contribution in [1.29, 1.82) is 0 Å². The fraction of sp³-hybridized carbons (Fsp3) is 0.300. The summed E-state index contributed by atoms with van der Waals surface area (Å²) < 4.78 is 0. The van der Waals surface area contributed by atoms with Gasteiger partial charge < -0.3 is 0 Å². The normalized spacial score (nSPS) is 9.64. The molecule has 11 heavy (non-hydrogen) atoms. The molecule has 0 N–H and O–H groups in total. The lowest BCUT2D eigenvalue weighted by molar-refractivity contribution is -0.116. The molecule has 0 aliphatic heterocycles. The van der Waals surface area contributed by atoms with Gasteiger partial charge in [-0.3, -0.25) is 4.79 Å². The number of aryl methyl sites for hydroxylation is 1. The van der Waals surface area contributed by atoms with Crippen LogP contribution in [0.15, 0.2) is 24.3 Å². The quantitative estimate of drug-likeness (QED) is 0.628. The summed E-state index contributed by atoms with van der Waals surface area (Å²) in [6.45, 7) is 3.64. The lowest BCUT2D eigenvalue weighted by Crippen LogP contribution is -1.95. The van der Waals surface area contributed by atoms with E-state index < -0.39 is 0 Å². The Labute approximate surface area is 67.1 Å². The number of Topliss-reactive ketones (excluding diaryl/α,β-unsaturated/α-hetero) is 1. The summed E-state index contributed by atoms with van der Waals surface area (Å²) in [7, 11) is 0. The molecule has 0 bridgehead atoms. The highest BCUT2D eigenvalue weighted by molar-refractivity contribution is 5.78. The van der Waals surface area contributed by atoms with Crippen LogP contribution < -0.4 is 0 Å². The maximum absolute atomic E-state index is 10.7. The molecule has 0 saturated heterocycles. The number of carbonyl (C=O) groups excluding carboxylic acids is 1. The lowest BCUT2D eigenvalue weighted by atomic mass is 10.1. The molecule has 0 spiro atoms. The molecule has 0 aromatic heterocycles. The van der Waals surface area contributed by atoms with Crippen LogP contribution >= 0.6 is 0 Å². The second kappa shape index (κ2) is 3.33. The molecule has 0 radical (unpaired) electrons. The van der Waals surface area contributed by atoms with Gasteiger partial charge in [0.1, 0.15) is 5.78 Å². The largest absolute Gasteiger partial charge is 0.300 e. The molecule has 0 aliphatic rings. The van der Waals surface area contributed by atoms with Crippen molar-refractivity contribution in [2.24, 2.45) is 0 Å². The van der Waals surface area contributed by atoms with Gasteiger partial charge in [-0.2, -0.15) is 0 Å². The minimum atomic E-state index is 0.218. The van der Waals surface area contributed by atoms with Gasteiger partial charge in [-0.05, 0) is 19.4 Å². The van der Waals surface area contributed by atoms with E-state index in [4.69, 9.17) is 0 Å². The van der Waals surface area contributed by atoms with Crippen molar-refractivity contribution < 1.29 is 4.79 Å². The van der Waals surface area contributed by atoms with Gasteiger partial charge in [0.05, 0.1) is 0 Å². The Hall–Kier alpha value is -1.11. The first kappa shape index (κ1) is 7.99. The van der Waals surface area contributed by atoms with Gasteiger partial charge in [0, 0.05) is 6.42 Å². The zero-order chi connectivity index (χ0) is 8.27. The first-order valence-corrected chi connectivity index (χ1v) is 3.73. The Kier molecular flexibility index (Phi) is 2.42. The van der Waals surface area contributed by atoms with E-state index in [1.807, 2.05) is 31.2 Å². The van der Waals surface area contributed by atoms with Gasteiger partial charge in [-0.15, -0.1) is 0 Å². The van der Waals surface area contributed by atoms with Gasteiger partial charge in [-0.25, -0.2) is 0 Å². The molecule has 1 nitrogen and oxygen atoms in total. The van der Waals surface area contributed by atoms with Gasteiger partial charge >= 0.3 is 0 Å². The van der Waals surface area contributed by atoms with Crippen LogP contribution in [0.4, 0.5) is 0 Å². The van der Waals surface area contributed by atoms with Crippen molar-refractivity contribution in [2.75, 3.05) is 0 Å². The Morgan fingerprint density at radius 3 is 2.73 bits per heavy atom. The number of hydrogen-bond donors (Lipinski definition) is 0. The molecular formula is C10H12O. The van der Waals surface area contributed by atoms with Crippen LogP contribution in [-0.4, -0.2) is 5.78 Å². The Bertz CT molecular complexity index is 263. The van der Waals surface area contributed by atoms with Crippen LogP contribution in [-0.2, 0) is 11.2 Å². The number of rotatable bonds is 2. The summed E-state index contributed by atoms with van der Waals surface area (Å²) in [5.41, 5.74) is 2.32. The van der Waals surface area contributed by atoms with Crippen molar-refractivity contribution in [2.45, 2.75) is 20.3 Å². The van der Waals surface area contributed by atoms with E-state index in [1.165, 1.54) is 5.56 Å². The van der Waals surface area contributed by atoms with Crippen LogP contribution in [0.25, 0.3) is 0 Å². The van der Waals surface area contributed by atoms with Gasteiger partial charge in [0.2, 0.25) is 0 Å². The first-order valence-electron chi connectivity index (χ1n) is 3.73. The van der Waals surface area contributed by atoms with Gasteiger partial charge in [0.15, 0.2) is 0 Å². The fourth-order valence-corrected chi connectivity index (χ4v) is 1.11. The highest BCUT2D eigenvalue weighted by Gasteiger charge is 1.95. The van der Waals surface area contributed by atoms with E-state index in [-0.39, 0.29) is 5.78 Å². The maximum atomic E-state index is 10.7. The molecule has 1 aromatic carbocycles. The number of benzene rings is 1. The van der Waals surface area contributed by atoms with Crippen molar-refractivity contribution in [3.63, 3.8) is 0 Å². The smallest absolute Gasteiger partial charge is 0.134 e. The minimum absolute atomic E-state index is 0.218. The van der Waals surface area contributed by atoms with E-state index >= 15 is 0 Å². The van der Waals surface area contributed by atoms with E-state index in [2.05, 4.69) is 0 Å². The van der Waals surface area contributed by atoms with Crippen LogP contribution in [0.2, 0.25) is 0 Å². The molecule has 0 unspecified atom stereocenters. The molecule has 1 rings (SSSR count). The molecule has 1 heteroatoms. The summed E-state index contributed by atoms with van der Waals surface area (Å²) in [6.07, 6.45) is 0.557. The monoisotopic (exact) mass is 148 g/mol. The molecule has 0 amide bonds. The summed E-state index contributed by atoms with van der Waals surface area (Å²) >= 11 is 0. The van der Waals surface area contributed by atoms with E-state index in [0.29, 0.717) is 6.42 Å². The second-order valence-electron chi connectivity index (χ2n) is 2.87. The van der Waals surface area contributed by atoms with Crippen molar-refractivity contribution in [3.05, 3.63) is 35.4 Å². The minimum Gasteiger partial charge on any atom is -0.300 e. The maximum Gasteiger partial charge on any atom is 0.134 e. The van der Waals surface area contributed by atoms with E-state index in [9.17, 15) is 4.79 Å². The number of carbonyl (C=O) groups is 1. The standard InChI is InChI=1S/C10H12O/c1-8-4-3-5-10(6-8)7-9(2)11/h3-6H,7H2,1-2H3. The van der Waals surface area contributed by atoms with Crippen LogP contribution in [0.5, 0.6) is 0 Å². The average Bonchev–Trinajstić information content (AvgIpc) is 1.85. The van der Waals surface area contributed by atoms with E-state index in [0.717, 1.165) is 5.56 Å². The van der Waals surface area contributed by atoms with Crippen molar-refractivity contribution >= 4 is 5.78 Å². The molecular weight excluding hydrogens is 136 g/mol. The topological polar surface area (TPSA) is 17.1 Å². The fourth-order valence-electron chi connectivity index (χ4n) is 1.11. The molecule has 0 aliphatic carbocycles. The summed E-state index contributed by atoms with van der Waals surface area (Å²) in [5, 5.41) is 0. The number of ketones is 1. The third-order valence-corrected chi connectivity index (χ3v) is 1.54.